The molecule has 0 heterocycles. The summed E-state index contributed by atoms with van der Waals surface area (Å²) in [5.74, 6) is 7.25. The van der Waals surface area contributed by atoms with Gasteiger partial charge in [0.1, 0.15) is 5.78 Å². The predicted molar refractivity (Wildman–Crippen MR) is 169 cm³/mol. The van der Waals surface area contributed by atoms with Crippen LogP contribution in [0.3, 0.4) is 0 Å². The Hall–Kier alpha value is -0.590. The van der Waals surface area contributed by atoms with Gasteiger partial charge in [0.15, 0.2) is 0 Å². The van der Waals surface area contributed by atoms with Crippen LogP contribution < -0.4 is 0 Å². The summed E-state index contributed by atoms with van der Waals surface area (Å²) < 4.78 is 0. The Balaban J connectivity index is 1.53. The number of carbonyl (C=O) groups is 1. The average molecular weight is 539 g/mol. The SMILES string of the molecule is C=C(CC(C1CCCCC1)[C@](C)(CC(=O)C1CCC(C(C)C)CC1)C1CCCCC1)C1CCC(C(C)C)CC1. The van der Waals surface area contributed by atoms with Crippen molar-refractivity contribution in [2.75, 3.05) is 0 Å². The number of rotatable bonds is 11. The van der Waals surface area contributed by atoms with Gasteiger partial charge in [0.05, 0.1) is 0 Å². The summed E-state index contributed by atoms with van der Waals surface area (Å²) in [5.41, 5.74) is 1.73. The number of ketones is 1. The third-order valence-corrected chi connectivity index (χ3v) is 13.1. The highest BCUT2D eigenvalue weighted by molar-refractivity contribution is 5.81. The normalized spacial score (nSPS) is 32.2. The molecule has 224 valence electrons. The molecule has 4 rings (SSSR count). The third kappa shape index (κ3) is 8.03. The fourth-order valence-electron chi connectivity index (χ4n) is 10.1. The monoisotopic (exact) mass is 539 g/mol. The summed E-state index contributed by atoms with van der Waals surface area (Å²) in [5, 5.41) is 0. The van der Waals surface area contributed by atoms with Gasteiger partial charge in [-0.15, -0.1) is 0 Å². The van der Waals surface area contributed by atoms with E-state index >= 15 is 0 Å². The molecule has 0 aliphatic heterocycles. The van der Waals surface area contributed by atoms with Gasteiger partial charge >= 0.3 is 0 Å². The molecule has 1 heteroatoms. The van der Waals surface area contributed by atoms with Crippen LogP contribution in [0.4, 0.5) is 0 Å². The smallest absolute Gasteiger partial charge is 0.136 e. The van der Waals surface area contributed by atoms with Crippen LogP contribution in [0.15, 0.2) is 12.2 Å². The van der Waals surface area contributed by atoms with Crippen molar-refractivity contribution < 1.29 is 4.79 Å². The summed E-state index contributed by atoms with van der Waals surface area (Å²) in [7, 11) is 0. The average Bonchev–Trinajstić information content (AvgIpc) is 2.96. The number of Topliss-reactive ketones (excluding diaryl/α,β-unsaturated/α-hetero) is 1. The van der Waals surface area contributed by atoms with Gasteiger partial charge in [0, 0.05) is 12.3 Å². The molecule has 1 unspecified atom stereocenters. The lowest BCUT2D eigenvalue weighted by molar-refractivity contribution is -0.130. The van der Waals surface area contributed by atoms with E-state index in [0.29, 0.717) is 17.6 Å². The van der Waals surface area contributed by atoms with Crippen molar-refractivity contribution in [3.63, 3.8) is 0 Å². The topological polar surface area (TPSA) is 17.1 Å². The zero-order valence-corrected chi connectivity index (χ0v) is 27.0. The molecule has 2 atom stereocenters. The molecule has 0 aromatic rings. The van der Waals surface area contributed by atoms with E-state index in [2.05, 4.69) is 34.6 Å². The quantitative estimate of drug-likeness (QED) is 0.239. The number of carbonyl (C=O) groups excluding carboxylic acids is 1. The largest absolute Gasteiger partial charge is 0.299 e. The van der Waals surface area contributed by atoms with Crippen LogP contribution in [0, 0.1) is 58.7 Å². The van der Waals surface area contributed by atoms with Crippen molar-refractivity contribution >= 4 is 5.78 Å². The van der Waals surface area contributed by atoms with Crippen molar-refractivity contribution in [1.29, 1.82) is 0 Å². The molecular weight excluding hydrogens is 472 g/mol. The molecule has 0 bridgehead atoms. The summed E-state index contributed by atoms with van der Waals surface area (Å²) in [6.07, 6.45) is 26.3. The summed E-state index contributed by atoms with van der Waals surface area (Å²) in [6, 6.07) is 0. The molecule has 0 amide bonds. The van der Waals surface area contributed by atoms with Crippen LogP contribution >= 0.6 is 0 Å². The fourth-order valence-corrected chi connectivity index (χ4v) is 10.1. The van der Waals surface area contributed by atoms with Gasteiger partial charge < -0.3 is 0 Å². The molecule has 1 nitrogen and oxygen atoms in total. The first kappa shape index (κ1) is 31.3. The third-order valence-electron chi connectivity index (χ3n) is 13.1. The Bertz CT molecular complexity index is 750. The Morgan fingerprint density at radius 3 is 1.59 bits per heavy atom. The zero-order chi connectivity index (χ0) is 28.0. The maximum atomic E-state index is 14.2. The second-order valence-electron chi connectivity index (χ2n) is 16.1. The van der Waals surface area contributed by atoms with Crippen molar-refractivity contribution in [3.05, 3.63) is 12.2 Å². The molecule has 4 fully saturated rings. The van der Waals surface area contributed by atoms with Gasteiger partial charge in [-0.05, 0) is 123 Å². The van der Waals surface area contributed by atoms with Gasteiger partial charge in [-0.1, -0.05) is 98.1 Å². The van der Waals surface area contributed by atoms with Gasteiger partial charge in [0.25, 0.3) is 0 Å². The Kier molecular flexibility index (Phi) is 11.7. The maximum absolute atomic E-state index is 14.2. The minimum absolute atomic E-state index is 0.159. The van der Waals surface area contributed by atoms with Crippen LogP contribution in [0.25, 0.3) is 0 Å². The van der Waals surface area contributed by atoms with Crippen LogP contribution in [-0.2, 0) is 4.79 Å². The minimum Gasteiger partial charge on any atom is -0.299 e. The molecular formula is C38H66O. The van der Waals surface area contributed by atoms with Crippen molar-refractivity contribution in [3.8, 4) is 0 Å². The molecule has 4 aliphatic carbocycles. The molecule has 39 heavy (non-hydrogen) atoms. The van der Waals surface area contributed by atoms with E-state index in [1.165, 1.54) is 109 Å². The van der Waals surface area contributed by atoms with Crippen molar-refractivity contribution in [2.45, 2.75) is 163 Å². The van der Waals surface area contributed by atoms with E-state index in [4.69, 9.17) is 6.58 Å². The van der Waals surface area contributed by atoms with Crippen molar-refractivity contribution in [1.82, 2.24) is 0 Å². The van der Waals surface area contributed by atoms with Gasteiger partial charge in [-0.25, -0.2) is 0 Å². The molecule has 0 N–H and O–H groups in total. The second-order valence-corrected chi connectivity index (χ2v) is 16.1. The molecule has 4 aliphatic rings. The highest BCUT2D eigenvalue weighted by atomic mass is 16.1. The summed E-state index contributed by atoms with van der Waals surface area (Å²) in [6.45, 7) is 17.1. The van der Waals surface area contributed by atoms with Gasteiger partial charge in [0.2, 0.25) is 0 Å². The first-order valence-electron chi connectivity index (χ1n) is 17.9. The highest BCUT2D eigenvalue weighted by Crippen LogP contribution is 2.55. The van der Waals surface area contributed by atoms with E-state index in [9.17, 15) is 4.79 Å². The zero-order valence-electron chi connectivity index (χ0n) is 27.0. The maximum Gasteiger partial charge on any atom is 0.136 e. The van der Waals surface area contributed by atoms with Crippen LogP contribution in [0.2, 0.25) is 0 Å². The number of allylic oxidation sites excluding steroid dienone is 1. The fraction of sp³-hybridized carbons (Fsp3) is 0.921. The lowest BCUT2D eigenvalue weighted by Gasteiger charge is -2.50. The molecule has 0 saturated heterocycles. The van der Waals surface area contributed by atoms with Crippen molar-refractivity contribution in [2.24, 2.45) is 58.7 Å². The van der Waals surface area contributed by atoms with E-state index in [1.807, 2.05) is 0 Å². The minimum atomic E-state index is 0.159. The molecule has 0 radical (unpaired) electrons. The van der Waals surface area contributed by atoms with E-state index in [1.54, 1.807) is 5.57 Å². The predicted octanol–water partition coefficient (Wildman–Crippen LogP) is 11.6. The van der Waals surface area contributed by atoms with Crippen LogP contribution in [-0.4, -0.2) is 5.78 Å². The lowest BCUT2D eigenvalue weighted by atomic mass is 9.54. The highest BCUT2D eigenvalue weighted by Gasteiger charge is 2.47. The molecule has 0 aromatic carbocycles. The summed E-state index contributed by atoms with van der Waals surface area (Å²) in [4.78, 5) is 14.2. The van der Waals surface area contributed by atoms with E-state index < -0.39 is 0 Å². The Morgan fingerprint density at radius 1 is 0.641 bits per heavy atom. The second kappa shape index (κ2) is 14.5. The Morgan fingerprint density at radius 2 is 1.10 bits per heavy atom. The number of hydrogen-bond donors (Lipinski definition) is 0. The number of hydrogen-bond acceptors (Lipinski definition) is 1. The first-order chi connectivity index (χ1) is 18.7. The van der Waals surface area contributed by atoms with Gasteiger partial charge in [-0.3, -0.25) is 4.79 Å². The van der Waals surface area contributed by atoms with E-state index in [0.717, 1.165) is 60.7 Å². The molecule has 0 spiro atoms. The lowest BCUT2D eigenvalue weighted by Crippen LogP contribution is -2.44. The molecule has 4 saturated carbocycles. The standard InChI is InChI=1S/C38H66O/c1-27(2)30-17-21-32(22-18-30)29(5)25-36(33-13-9-7-10-14-33)38(6,35-15-11-8-12-16-35)26-37(39)34-23-19-31(20-24-34)28(3)4/h27-28,30-36H,5,7-26H2,1-4,6H3/t30?,31?,32?,34?,36?,38-/m1/s1. The first-order valence-corrected chi connectivity index (χ1v) is 17.9. The van der Waals surface area contributed by atoms with Crippen LogP contribution in [0.1, 0.15) is 163 Å². The molecule has 0 aromatic heterocycles. The van der Waals surface area contributed by atoms with Gasteiger partial charge in [-0.2, -0.15) is 0 Å². The summed E-state index contributed by atoms with van der Waals surface area (Å²) >= 11 is 0. The Labute approximate surface area is 244 Å². The van der Waals surface area contributed by atoms with E-state index in [-0.39, 0.29) is 5.41 Å². The van der Waals surface area contributed by atoms with Crippen LogP contribution in [0.5, 0.6) is 0 Å².